The van der Waals surface area contributed by atoms with Gasteiger partial charge in [0.1, 0.15) is 11.0 Å². The van der Waals surface area contributed by atoms with Crippen molar-refractivity contribution in [1.82, 2.24) is 18.3 Å². The van der Waals surface area contributed by atoms with Gasteiger partial charge in [-0.25, -0.2) is 4.98 Å². The van der Waals surface area contributed by atoms with Crippen molar-refractivity contribution in [1.29, 1.82) is 0 Å². The molecule has 0 atom stereocenters. The van der Waals surface area contributed by atoms with Gasteiger partial charge >= 0.3 is 0 Å². The fraction of sp³-hybridized carbons (Fsp3) is 0.118. The van der Waals surface area contributed by atoms with Crippen molar-refractivity contribution >= 4 is 57.0 Å². The average Bonchev–Trinajstić information content (AvgIpc) is 3.13. The molecular formula is C17H13N5O2S2. The quantitative estimate of drug-likeness (QED) is 0.430. The van der Waals surface area contributed by atoms with Crippen LogP contribution in [-0.4, -0.2) is 30.0 Å². The summed E-state index contributed by atoms with van der Waals surface area (Å²) >= 11 is 2.32. The normalized spacial score (nSPS) is 11.1. The molecule has 1 amide bonds. The molecule has 26 heavy (non-hydrogen) atoms. The lowest BCUT2D eigenvalue weighted by molar-refractivity contribution is -0.113. The van der Waals surface area contributed by atoms with E-state index in [4.69, 9.17) is 0 Å². The highest BCUT2D eigenvalue weighted by atomic mass is 32.2. The summed E-state index contributed by atoms with van der Waals surface area (Å²) in [5, 5.41) is 3.90. The summed E-state index contributed by atoms with van der Waals surface area (Å²) in [7, 11) is 1.66. The lowest BCUT2D eigenvalue weighted by Crippen LogP contribution is -2.21. The standard InChI is InChI=1S/C17H13N5O2S2/c1-22-16(24)10-5-2-3-6-11(10)19-17(22)25-9-14(23)18-12-7-4-8-13-15(12)21-26-20-13/h2-8H,9H2,1H3,(H,18,23). The molecule has 1 N–H and O–H groups in total. The fourth-order valence-electron chi connectivity index (χ4n) is 2.55. The van der Waals surface area contributed by atoms with Gasteiger partial charge in [-0.3, -0.25) is 14.2 Å². The lowest BCUT2D eigenvalue weighted by atomic mass is 10.2. The smallest absolute Gasteiger partial charge is 0.261 e. The van der Waals surface area contributed by atoms with Crippen LogP contribution in [0.4, 0.5) is 5.69 Å². The Labute approximate surface area is 156 Å². The van der Waals surface area contributed by atoms with Gasteiger partial charge in [-0.1, -0.05) is 30.0 Å². The number of hydrogen-bond donors (Lipinski definition) is 1. The number of thioether (sulfide) groups is 1. The Morgan fingerprint density at radius 3 is 2.85 bits per heavy atom. The number of anilines is 1. The summed E-state index contributed by atoms with van der Waals surface area (Å²) in [5.41, 5.74) is 2.54. The number of nitrogens with one attached hydrogen (secondary N) is 1. The number of para-hydroxylation sites is 1. The maximum Gasteiger partial charge on any atom is 0.261 e. The molecule has 0 saturated carbocycles. The zero-order valence-electron chi connectivity index (χ0n) is 13.7. The Morgan fingerprint density at radius 1 is 1.15 bits per heavy atom. The maximum atomic E-state index is 12.4. The molecular weight excluding hydrogens is 370 g/mol. The zero-order chi connectivity index (χ0) is 18.1. The molecule has 2 heterocycles. The number of hydrogen-bond acceptors (Lipinski definition) is 7. The summed E-state index contributed by atoms with van der Waals surface area (Å²) in [6.45, 7) is 0. The van der Waals surface area contributed by atoms with Gasteiger partial charge in [0, 0.05) is 7.05 Å². The number of carbonyl (C=O) groups is 1. The Balaban J connectivity index is 1.53. The highest BCUT2D eigenvalue weighted by molar-refractivity contribution is 7.99. The van der Waals surface area contributed by atoms with Gasteiger partial charge in [0.2, 0.25) is 5.91 Å². The fourth-order valence-corrected chi connectivity index (χ4v) is 3.87. The van der Waals surface area contributed by atoms with Crippen LogP contribution in [0.25, 0.3) is 21.9 Å². The number of rotatable bonds is 4. The monoisotopic (exact) mass is 383 g/mol. The summed E-state index contributed by atoms with van der Waals surface area (Å²) in [5.74, 6) is -0.0649. The van der Waals surface area contributed by atoms with Crippen molar-refractivity contribution in [3.63, 3.8) is 0 Å². The highest BCUT2D eigenvalue weighted by Crippen LogP contribution is 2.22. The number of nitrogens with zero attached hydrogens (tertiary/aromatic N) is 4. The third-order valence-electron chi connectivity index (χ3n) is 3.83. The Kier molecular flexibility index (Phi) is 4.39. The summed E-state index contributed by atoms with van der Waals surface area (Å²) < 4.78 is 9.82. The molecule has 130 valence electrons. The van der Waals surface area contributed by atoms with Gasteiger partial charge in [-0.05, 0) is 24.3 Å². The van der Waals surface area contributed by atoms with Gasteiger partial charge in [-0.2, -0.15) is 8.75 Å². The summed E-state index contributed by atoms with van der Waals surface area (Å²) in [6, 6.07) is 12.6. The molecule has 4 rings (SSSR count). The molecule has 0 aliphatic rings. The van der Waals surface area contributed by atoms with Crippen molar-refractivity contribution in [3.8, 4) is 0 Å². The van der Waals surface area contributed by atoms with Crippen LogP contribution in [0.3, 0.4) is 0 Å². The van der Waals surface area contributed by atoms with E-state index in [1.165, 1.54) is 16.3 Å². The predicted octanol–water partition coefficient (Wildman–Crippen LogP) is 2.67. The summed E-state index contributed by atoms with van der Waals surface area (Å²) in [6.07, 6.45) is 0. The Morgan fingerprint density at radius 2 is 1.96 bits per heavy atom. The largest absolute Gasteiger partial charge is 0.323 e. The average molecular weight is 383 g/mol. The van der Waals surface area contributed by atoms with E-state index < -0.39 is 0 Å². The van der Waals surface area contributed by atoms with Crippen molar-refractivity contribution < 1.29 is 4.79 Å². The van der Waals surface area contributed by atoms with Crippen molar-refractivity contribution in [3.05, 3.63) is 52.8 Å². The Hall–Kier alpha value is -2.78. The van der Waals surface area contributed by atoms with Gasteiger partial charge in [0.15, 0.2) is 5.16 Å². The van der Waals surface area contributed by atoms with Crippen LogP contribution in [-0.2, 0) is 11.8 Å². The Bertz CT molecular complexity index is 1180. The molecule has 0 aliphatic carbocycles. The number of carbonyl (C=O) groups excluding carboxylic acids is 1. The van der Waals surface area contributed by atoms with Gasteiger partial charge < -0.3 is 5.32 Å². The number of fused-ring (bicyclic) bond motifs is 2. The molecule has 0 saturated heterocycles. The summed E-state index contributed by atoms with van der Waals surface area (Å²) in [4.78, 5) is 29.2. The van der Waals surface area contributed by atoms with E-state index >= 15 is 0 Å². The van der Waals surface area contributed by atoms with E-state index in [-0.39, 0.29) is 17.2 Å². The molecule has 2 aromatic carbocycles. The van der Waals surface area contributed by atoms with Crippen LogP contribution < -0.4 is 10.9 Å². The van der Waals surface area contributed by atoms with Crippen molar-refractivity contribution in [2.45, 2.75) is 5.16 Å². The van der Waals surface area contributed by atoms with Gasteiger partial charge in [0.05, 0.1) is 34.1 Å². The van der Waals surface area contributed by atoms with E-state index in [0.717, 1.165) is 17.2 Å². The first kappa shape index (κ1) is 16.7. The van der Waals surface area contributed by atoms with E-state index in [1.807, 2.05) is 18.2 Å². The van der Waals surface area contributed by atoms with Gasteiger partial charge in [0.25, 0.3) is 5.56 Å². The highest BCUT2D eigenvalue weighted by Gasteiger charge is 2.12. The first-order chi connectivity index (χ1) is 12.6. The zero-order valence-corrected chi connectivity index (χ0v) is 15.3. The predicted molar refractivity (Wildman–Crippen MR) is 104 cm³/mol. The number of amides is 1. The van der Waals surface area contributed by atoms with Crippen LogP contribution >= 0.6 is 23.5 Å². The molecule has 7 nitrogen and oxygen atoms in total. The topological polar surface area (TPSA) is 89.8 Å². The van der Waals surface area contributed by atoms with E-state index in [1.54, 1.807) is 31.3 Å². The minimum atomic E-state index is -0.196. The molecule has 0 fully saturated rings. The molecule has 0 spiro atoms. The molecule has 9 heteroatoms. The van der Waals surface area contributed by atoms with Crippen LogP contribution in [0.2, 0.25) is 0 Å². The van der Waals surface area contributed by atoms with Gasteiger partial charge in [-0.15, -0.1) is 0 Å². The lowest BCUT2D eigenvalue weighted by Gasteiger charge is -2.09. The second-order valence-electron chi connectivity index (χ2n) is 5.55. The van der Waals surface area contributed by atoms with Crippen LogP contribution in [0.1, 0.15) is 0 Å². The van der Waals surface area contributed by atoms with E-state index in [0.29, 0.717) is 27.3 Å². The molecule has 0 bridgehead atoms. The molecule has 0 aliphatic heterocycles. The second-order valence-corrected chi connectivity index (χ2v) is 7.02. The van der Waals surface area contributed by atoms with Crippen LogP contribution in [0.5, 0.6) is 0 Å². The SMILES string of the molecule is Cn1c(SCC(=O)Nc2cccc3nsnc23)nc2ccccc2c1=O. The van der Waals surface area contributed by atoms with Crippen molar-refractivity contribution in [2.24, 2.45) is 7.05 Å². The van der Waals surface area contributed by atoms with E-state index in [2.05, 4.69) is 19.0 Å². The minimum Gasteiger partial charge on any atom is -0.323 e. The third-order valence-corrected chi connectivity index (χ3v) is 5.41. The van der Waals surface area contributed by atoms with E-state index in [9.17, 15) is 9.59 Å². The number of benzene rings is 2. The third kappa shape index (κ3) is 3.06. The minimum absolute atomic E-state index is 0.128. The first-order valence-corrected chi connectivity index (χ1v) is 9.45. The first-order valence-electron chi connectivity index (χ1n) is 7.73. The van der Waals surface area contributed by atoms with Crippen molar-refractivity contribution in [2.75, 3.05) is 11.1 Å². The van der Waals surface area contributed by atoms with Crippen LogP contribution in [0.15, 0.2) is 52.4 Å². The maximum absolute atomic E-state index is 12.4. The van der Waals surface area contributed by atoms with Crippen LogP contribution in [0, 0.1) is 0 Å². The molecule has 0 radical (unpaired) electrons. The second kappa shape index (κ2) is 6.85. The molecule has 0 unspecified atom stereocenters. The number of aromatic nitrogens is 4. The molecule has 4 aromatic rings. The molecule has 2 aromatic heterocycles.